The molecule has 0 aliphatic carbocycles. The Morgan fingerprint density at radius 3 is 2.57 bits per heavy atom. The predicted octanol–water partition coefficient (Wildman–Crippen LogP) is 1.02. The number of amides is 2. The van der Waals surface area contributed by atoms with E-state index in [1.807, 2.05) is 19.9 Å². The molecule has 5 nitrogen and oxygen atoms in total. The van der Waals surface area contributed by atoms with Gasteiger partial charge in [-0.05, 0) is 38.8 Å². The number of aliphatic hydroxyl groups excluding tert-OH is 1. The number of piperidine rings is 1. The number of aryl methyl sites for hydroxylation is 2. The predicted molar refractivity (Wildman–Crippen MR) is 80.1 cm³/mol. The van der Waals surface area contributed by atoms with Crippen LogP contribution in [-0.4, -0.2) is 47.6 Å². The molecule has 21 heavy (non-hydrogen) atoms. The normalized spacial score (nSPS) is 18.4. The summed E-state index contributed by atoms with van der Waals surface area (Å²) in [5, 5.41) is 12.2. The van der Waals surface area contributed by atoms with E-state index in [1.165, 1.54) is 0 Å². The van der Waals surface area contributed by atoms with Gasteiger partial charge in [0, 0.05) is 18.7 Å². The minimum Gasteiger partial charge on any atom is -0.391 e. The van der Waals surface area contributed by atoms with Crippen molar-refractivity contribution in [2.75, 3.05) is 19.6 Å². The summed E-state index contributed by atoms with van der Waals surface area (Å²) in [4.78, 5) is 25.7. The maximum absolute atomic E-state index is 12.1. The van der Waals surface area contributed by atoms with Crippen molar-refractivity contribution in [1.82, 2.24) is 10.2 Å². The van der Waals surface area contributed by atoms with Gasteiger partial charge in [-0.15, -0.1) is 0 Å². The Hall–Kier alpha value is -1.88. The van der Waals surface area contributed by atoms with Crippen LogP contribution in [0.15, 0.2) is 18.2 Å². The molecule has 0 saturated carbocycles. The van der Waals surface area contributed by atoms with E-state index in [2.05, 4.69) is 5.32 Å². The quantitative estimate of drug-likeness (QED) is 0.873. The molecule has 1 atom stereocenters. The second kappa shape index (κ2) is 6.72. The van der Waals surface area contributed by atoms with Crippen molar-refractivity contribution in [3.05, 3.63) is 34.9 Å². The van der Waals surface area contributed by atoms with Gasteiger partial charge in [-0.25, -0.2) is 0 Å². The number of nitrogens with one attached hydrogen (secondary N) is 1. The number of carbonyl (C=O) groups is 2. The molecule has 1 aromatic carbocycles. The lowest BCUT2D eigenvalue weighted by molar-refractivity contribution is -0.133. The maximum atomic E-state index is 12.1. The van der Waals surface area contributed by atoms with Crippen LogP contribution in [0.25, 0.3) is 0 Å². The fraction of sp³-hybridized carbons (Fsp3) is 0.500. The molecule has 1 saturated heterocycles. The Labute approximate surface area is 125 Å². The van der Waals surface area contributed by atoms with Crippen LogP contribution in [0, 0.1) is 13.8 Å². The highest BCUT2D eigenvalue weighted by Gasteiger charge is 2.22. The lowest BCUT2D eigenvalue weighted by Gasteiger charge is -2.30. The molecule has 0 radical (unpaired) electrons. The third-order valence-electron chi connectivity index (χ3n) is 3.63. The highest BCUT2D eigenvalue weighted by atomic mass is 16.3. The summed E-state index contributed by atoms with van der Waals surface area (Å²) in [5.74, 6) is -0.390. The Balaban J connectivity index is 1.90. The van der Waals surface area contributed by atoms with Gasteiger partial charge in [0.2, 0.25) is 5.91 Å². The minimum atomic E-state index is -0.446. The van der Waals surface area contributed by atoms with Gasteiger partial charge in [-0.2, -0.15) is 0 Å². The number of β-amino-alcohol motifs (C(OH)–C–C–N with tert-alkyl or cyclic N) is 1. The first-order valence-electron chi connectivity index (χ1n) is 7.28. The van der Waals surface area contributed by atoms with E-state index in [9.17, 15) is 14.7 Å². The van der Waals surface area contributed by atoms with Crippen molar-refractivity contribution in [2.45, 2.75) is 32.8 Å². The van der Waals surface area contributed by atoms with Crippen molar-refractivity contribution in [3.8, 4) is 0 Å². The van der Waals surface area contributed by atoms with E-state index in [1.54, 1.807) is 17.0 Å². The first kappa shape index (κ1) is 15.5. The summed E-state index contributed by atoms with van der Waals surface area (Å²) in [5.41, 5.74) is 2.61. The fourth-order valence-corrected chi connectivity index (χ4v) is 2.66. The molecule has 1 fully saturated rings. The number of hydrogen-bond acceptors (Lipinski definition) is 3. The third kappa shape index (κ3) is 4.29. The molecule has 2 N–H and O–H groups in total. The monoisotopic (exact) mass is 290 g/mol. The standard InChI is InChI=1S/C16H22N2O3/c1-11-6-12(2)8-13(7-11)16(21)17-9-15(20)18-5-3-4-14(19)10-18/h6-8,14,19H,3-5,9-10H2,1-2H3,(H,17,21). The van der Waals surface area contributed by atoms with Crippen molar-refractivity contribution in [2.24, 2.45) is 0 Å². The van der Waals surface area contributed by atoms with Gasteiger partial charge >= 0.3 is 0 Å². The van der Waals surface area contributed by atoms with E-state index >= 15 is 0 Å². The topological polar surface area (TPSA) is 69.6 Å². The summed E-state index contributed by atoms with van der Waals surface area (Å²) in [6.45, 7) is 4.85. The zero-order valence-electron chi connectivity index (χ0n) is 12.6. The summed E-state index contributed by atoms with van der Waals surface area (Å²) < 4.78 is 0. The van der Waals surface area contributed by atoms with Gasteiger partial charge in [0.1, 0.15) is 0 Å². The molecule has 1 aliphatic heterocycles. The molecular formula is C16H22N2O3. The molecule has 0 bridgehead atoms. The molecule has 1 aromatic rings. The fourth-order valence-electron chi connectivity index (χ4n) is 2.66. The number of aliphatic hydroxyl groups is 1. The number of carbonyl (C=O) groups excluding carboxylic acids is 2. The molecule has 2 amide bonds. The van der Waals surface area contributed by atoms with Crippen molar-refractivity contribution >= 4 is 11.8 Å². The Bertz CT molecular complexity index is 522. The van der Waals surface area contributed by atoms with Crippen LogP contribution in [0.3, 0.4) is 0 Å². The molecule has 5 heteroatoms. The van der Waals surface area contributed by atoms with E-state index in [0.29, 0.717) is 18.7 Å². The molecule has 1 aliphatic rings. The van der Waals surface area contributed by atoms with E-state index in [-0.39, 0.29) is 18.4 Å². The number of likely N-dealkylation sites (tertiary alicyclic amines) is 1. The smallest absolute Gasteiger partial charge is 0.251 e. The average molecular weight is 290 g/mol. The lowest BCUT2D eigenvalue weighted by atomic mass is 10.1. The van der Waals surface area contributed by atoms with Gasteiger partial charge in [0.15, 0.2) is 0 Å². The van der Waals surface area contributed by atoms with E-state index in [4.69, 9.17) is 0 Å². The molecule has 0 aromatic heterocycles. The minimum absolute atomic E-state index is 0.0292. The lowest BCUT2D eigenvalue weighted by Crippen LogP contribution is -2.46. The molecule has 114 valence electrons. The van der Waals surface area contributed by atoms with Crippen LogP contribution in [0.4, 0.5) is 0 Å². The zero-order valence-corrected chi connectivity index (χ0v) is 12.6. The second-order valence-electron chi connectivity index (χ2n) is 5.69. The maximum Gasteiger partial charge on any atom is 0.251 e. The van der Waals surface area contributed by atoms with E-state index < -0.39 is 6.10 Å². The van der Waals surface area contributed by atoms with Crippen LogP contribution in [0.1, 0.15) is 34.3 Å². The van der Waals surface area contributed by atoms with Crippen LogP contribution in [-0.2, 0) is 4.79 Å². The van der Waals surface area contributed by atoms with Crippen LogP contribution in [0.5, 0.6) is 0 Å². The van der Waals surface area contributed by atoms with Crippen LogP contribution in [0.2, 0.25) is 0 Å². The van der Waals surface area contributed by atoms with Gasteiger partial charge < -0.3 is 15.3 Å². The van der Waals surface area contributed by atoms with Crippen molar-refractivity contribution in [3.63, 3.8) is 0 Å². The Morgan fingerprint density at radius 2 is 1.95 bits per heavy atom. The molecule has 1 unspecified atom stereocenters. The summed E-state index contributed by atoms with van der Waals surface area (Å²) >= 11 is 0. The Morgan fingerprint density at radius 1 is 1.29 bits per heavy atom. The van der Waals surface area contributed by atoms with Crippen LogP contribution >= 0.6 is 0 Å². The highest BCUT2D eigenvalue weighted by molar-refractivity contribution is 5.96. The second-order valence-corrected chi connectivity index (χ2v) is 5.69. The average Bonchev–Trinajstić information content (AvgIpc) is 2.43. The molecular weight excluding hydrogens is 268 g/mol. The molecule has 2 rings (SSSR count). The first-order valence-corrected chi connectivity index (χ1v) is 7.28. The number of nitrogens with zero attached hydrogens (tertiary/aromatic N) is 1. The highest BCUT2D eigenvalue weighted by Crippen LogP contribution is 2.10. The summed E-state index contributed by atoms with van der Waals surface area (Å²) in [7, 11) is 0. The number of rotatable bonds is 3. The van der Waals surface area contributed by atoms with Crippen LogP contribution < -0.4 is 5.32 Å². The molecule has 1 heterocycles. The van der Waals surface area contributed by atoms with Crippen molar-refractivity contribution < 1.29 is 14.7 Å². The SMILES string of the molecule is Cc1cc(C)cc(C(=O)NCC(=O)N2CCCC(O)C2)c1. The van der Waals surface area contributed by atoms with E-state index in [0.717, 1.165) is 24.0 Å². The van der Waals surface area contributed by atoms with Gasteiger partial charge in [0.05, 0.1) is 12.6 Å². The van der Waals surface area contributed by atoms with Gasteiger partial charge in [0.25, 0.3) is 5.91 Å². The molecule has 0 spiro atoms. The zero-order chi connectivity index (χ0) is 15.4. The summed E-state index contributed by atoms with van der Waals surface area (Å²) in [6.07, 6.45) is 1.09. The first-order chi connectivity index (χ1) is 9.95. The number of benzene rings is 1. The summed E-state index contributed by atoms with van der Waals surface area (Å²) in [6, 6.07) is 5.60. The van der Waals surface area contributed by atoms with Gasteiger partial charge in [-0.3, -0.25) is 9.59 Å². The Kier molecular flexibility index (Phi) is 4.96. The number of hydrogen-bond donors (Lipinski definition) is 2. The largest absolute Gasteiger partial charge is 0.391 e. The van der Waals surface area contributed by atoms with Gasteiger partial charge in [-0.1, -0.05) is 17.2 Å². The van der Waals surface area contributed by atoms with Crippen molar-refractivity contribution in [1.29, 1.82) is 0 Å². The third-order valence-corrected chi connectivity index (χ3v) is 3.63.